The third-order valence-corrected chi connectivity index (χ3v) is 6.24. The number of halogens is 1. The highest BCUT2D eigenvalue weighted by Gasteiger charge is 2.25. The van der Waals surface area contributed by atoms with E-state index in [1.54, 1.807) is 24.3 Å². The molecule has 4 N–H and O–H groups in total. The number of anilines is 1. The minimum Gasteiger partial charge on any atom is -0.478 e. The topological polar surface area (TPSA) is 151 Å². The molecule has 1 aliphatic rings. The third kappa shape index (κ3) is 7.21. The number of carbonyl (C=O) groups is 3. The molecule has 2 atom stereocenters. The van der Waals surface area contributed by atoms with Crippen LogP contribution >= 0.6 is 11.6 Å². The van der Waals surface area contributed by atoms with Gasteiger partial charge in [-0.2, -0.15) is 4.68 Å². The van der Waals surface area contributed by atoms with Crippen LogP contribution < -0.4 is 16.0 Å². The molecular weight excluding hydrogens is 498 g/mol. The quantitative estimate of drug-likeness (QED) is 0.312. The summed E-state index contributed by atoms with van der Waals surface area (Å²) >= 11 is 6.15. The molecule has 0 bridgehead atoms. The zero-order chi connectivity index (χ0) is 26.2. The van der Waals surface area contributed by atoms with Crippen molar-refractivity contribution in [2.45, 2.75) is 25.3 Å². The van der Waals surface area contributed by atoms with Crippen molar-refractivity contribution in [1.29, 1.82) is 0 Å². The van der Waals surface area contributed by atoms with E-state index in [0.29, 0.717) is 28.4 Å². The van der Waals surface area contributed by atoms with Crippen LogP contribution in [-0.4, -0.2) is 62.2 Å². The molecule has 0 radical (unpaired) electrons. The second-order valence-corrected chi connectivity index (χ2v) is 9.11. The highest BCUT2D eigenvalue weighted by atomic mass is 35.5. The third-order valence-electron chi connectivity index (χ3n) is 6.00. The van der Waals surface area contributed by atoms with Crippen LogP contribution in [0.3, 0.4) is 0 Å². The summed E-state index contributed by atoms with van der Waals surface area (Å²) in [6.07, 6.45) is 6.76. The van der Waals surface area contributed by atoms with Gasteiger partial charge < -0.3 is 21.1 Å². The fourth-order valence-corrected chi connectivity index (χ4v) is 4.32. The van der Waals surface area contributed by atoms with Crippen LogP contribution in [0.5, 0.6) is 0 Å². The van der Waals surface area contributed by atoms with Crippen LogP contribution in [0.15, 0.2) is 54.9 Å². The number of nitrogens with one attached hydrogen (secondary N) is 3. The fourth-order valence-electron chi connectivity index (χ4n) is 4.14. The minimum atomic E-state index is -1.05. The predicted octanol–water partition coefficient (Wildman–Crippen LogP) is 2.54. The maximum atomic E-state index is 13.1. The molecule has 3 aromatic rings. The number of hydrogen-bond acceptors (Lipinski definition) is 7. The summed E-state index contributed by atoms with van der Waals surface area (Å²) in [6, 6.07) is 10.2. The lowest BCUT2D eigenvalue weighted by molar-refractivity contribution is -0.124. The molecule has 1 saturated heterocycles. The summed E-state index contributed by atoms with van der Waals surface area (Å²) in [5.41, 5.74) is 1.80. The molecule has 0 saturated carbocycles. The molecule has 2 amide bonds. The second-order valence-electron chi connectivity index (χ2n) is 8.67. The van der Waals surface area contributed by atoms with E-state index in [4.69, 9.17) is 16.7 Å². The molecule has 1 fully saturated rings. The van der Waals surface area contributed by atoms with Crippen LogP contribution in [0.25, 0.3) is 11.8 Å². The molecule has 2 aromatic carbocycles. The number of piperidine rings is 1. The summed E-state index contributed by atoms with van der Waals surface area (Å²) in [7, 11) is 0. The fraction of sp³-hybridized carbons (Fsp3) is 0.280. The molecule has 12 heteroatoms. The second kappa shape index (κ2) is 12.2. The number of carboxylic acid groups (broad SMARTS) is 1. The molecule has 37 heavy (non-hydrogen) atoms. The van der Waals surface area contributed by atoms with E-state index < -0.39 is 17.9 Å². The van der Waals surface area contributed by atoms with Gasteiger partial charge >= 0.3 is 5.97 Å². The zero-order valence-corrected chi connectivity index (χ0v) is 20.6. The van der Waals surface area contributed by atoms with Crippen molar-refractivity contribution in [2.75, 3.05) is 18.4 Å². The number of hydrogen-bond donors (Lipinski definition) is 4. The lowest BCUT2D eigenvalue weighted by Crippen LogP contribution is -2.46. The summed E-state index contributed by atoms with van der Waals surface area (Å²) in [5.74, 6) is -1.66. The van der Waals surface area contributed by atoms with Crippen molar-refractivity contribution in [3.63, 3.8) is 0 Å². The van der Waals surface area contributed by atoms with Gasteiger partial charge in [0.2, 0.25) is 11.8 Å². The van der Waals surface area contributed by atoms with E-state index >= 15 is 0 Å². The van der Waals surface area contributed by atoms with Crippen LogP contribution in [0.4, 0.5) is 5.69 Å². The SMILES string of the molecule is O=C(/C=C/c1cc(Cl)ccc1-n1cnnn1)NC(CC1CCCNC1)C(=O)Nc1ccc(C(=O)O)cc1. The molecular formula is C25H26ClN7O4. The normalized spacial score (nSPS) is 16.3. The van der Waals surface area contributed by atoms with E-state index in [-0.39, 0.29) is 17.4 Å². The average molecular weight is 524 g/mol. The van der Waals surface area contributed by atoms with Crippen LogP contribution in [0.2, 0.25) is 5.02 Å². The van der Waals surface area contributed by atoms with Gasteiger partial charge in [0.15, 0.2) is 0 Å². The van der Waals surface area contributed by atoms with E-state index in [9.17, 15) is 14.4 Å². The Morgan fingerprint density at radius 3 is 2.70 bits per heavy atom. The summed E-state index contributed by atoms with van der Waals surface area (Å²) in [6.45, 7) is 1.70. The Hall–Kier alpha value is -4.09. The van der Waals surface area contributed by atoms with Gasteiger partial charge in [-0.3, -0.25) is 9.59 Å². The van der Waals surface area contributed by atoms with Gasteiger partial charge in [-0.25, -0.2) is 4.79 Å². The van der Waals surface area contributed by atoms with Crippen molar-refractivity contribution in [1.82, 2.24) is 30.8 Å². The van der Waals surface area contributed by atoms with Crippen molar-refractivity contribution in [2.24, 2.45) is 5.92 Å². The van der Waals surface area contributed by atoms with Crippen LogP contribution in [-0.2, 0) is 9.59 Å². The number of amides is 2. The number of aromatic nitrogens is 4. The average Bonchev–Trinajstić information content (AvgIpc) is 3.43. The zero-order valence-electron chi connectivity index (χ0n) is 19.8. The first-order valence-corrected chi connectivity index (χ1v) is 12.1. The van der Waals surface area contributed by atoms with Gasteiger partial charge in [0.25, 0.3) is 0 Å². The summed E-state index contributed by atoms with van der Waals surface area (Å²) < 4.78 is 1.45. The standard InChI is InChI=1S/C25H26ClN7O4/c26-19-6-9-22(33-15-28-31-32-33)18(13-19)5-10-23(34)30-21(12-16-2-1-11-27-14-16)24(35)29-20-7-3-17(4-8-20)25(36)37/h3-10,13,15-16,21,27H,1-2,11-12,14H2,(H,29,35)(H,30,34)(H,36,37)/b10-5+. The molecule has 11 nitrogen and oxygen atoms in total. The molecule has 4 rings (SSSR count). The lowest BCUT2D eigenvalue weighted by atomic mass is 9.92. The number of carboxylic acids is 1. The Bertz CT molecular complexity index is 1270. The van der Waals surface area contributed by atoms with Crippen molar-refractivity contribution in [3.8, 4) is 5.69 Å². The number of nitrogens with zero attached hydrogens (tertiary/aromatic N) is 4. The minimum absolute atomic E-state index is 0.114. The van der Waals surface area contributed by atoms with Gasteiger partial charge in [0.1, 0.15) is 12.4 Å². The number of rotatable bonds is 9. The van der Waals surface area contributed by atoms with E-state index in [0.717, 1.165) is 25.9 Å². The Balaban J connectivity index is 1.48. The molecule has 2 heterocycles. The lowest BCUT2D eigenvalue weighted by Gasteiger charge is -2.27. The van der Waals surface area contributed by atoms with E-state index in [1.165, 1.54) is 41.4 Å². The van der Waals surface area contributed by atoms with Crippen LogP contribution in [0.1, 0.15) is 35.2 Å². The first-order valence-electron chi connectivity index (χ1n) is 11.8. The molecule has 0 aliphatic carbocycles. The van der Waals surface area contributed by atoms with Gasteiger partial charge in [0.05, 0.1) is 11.3 Å². The summed E-state index contributed by atoms with van der Waals surface area (Å²) in [4.78, 5) is 37.1. The predicted molar refractivity (Wildman–Crippen MR) is 137 cm³/mol. The molecule has 0 spiro atoms. The smallest absolute Gasteiger partial charge is 0.335 e. The van der Waals surface area contributed by atoms with Gasteiger partial charge in [-0.15, -0.1) is 5.10 Å². The molecule has 1 aliphatic heterocycles. The molecule has 192 valence electrons. The van der Waals surface area contributed by atoms with E-state index in [2.05, 4.69) is 31.5 Å². The first kappa shape index (κ1) is 26.0. The number of aromatic carboxylic acids is 1. The number of benzene rings is 2. The Kier molecular flexibility index (Phi) is 8.60. The van der Waals surface area contributed by atoms with Crippen molar-refractivity contribution >= 4 is 41.1 Å². The summed E-state index contributed by atoms with van der Waals surface area (Å²) in [5, 5.41) is 29.6. The van der Waals surface area contributed by atoms with Crippen molar-refractivity contribution < 1.29 is 19.5 Å². The maximum absolute atomic E-state index is 13.1. The number of carbonyl (C=O) groups excluding carboxylic acids is 2. The number of tetrazole rings is 1. The van der Waals surface area contributed by atoms with Gasteiger partial charge in [-0.05, 0) is 97.2 Å². The Morgan fingerprint density at radius 1 is 1.22 bits per heavy atom. The molecule has 2 unspecified atom stereocenters. The maximum Gasteiger partial charge on any atom is 0.335 e. The van der Waals surface area contributed by atoms with Crippen molar-refractivity contribution in [3.05, 3.63) is 71.0 Å². The van der Waals surface area contributed by atoms with Gasteiger partial charge in [-0.1, -0.05) is 11.6 Å². The van der Waals surface area contributed by atoms with Gasteiger partial charge in [0, 0.05) is 22.3 Å². The molecule has 1 aromatic heterocycles. The first-order chi connectivity index (χ1) is 17.9. The Morgan fingerprint density at radius 2 is 2.03 bits per heavy atom. The van der Waals surface area contributed by atoms with Crippen LogP contribution in [0, 0.1) is 5.92 Å². The largest absolute Gasteiger partial charge is 0.478 e. The van der Waals surface area contributed by atoms with E-state index in [1.807, 2.05) is 0 Å². The highest BCUT2D eigenvalue weighted by molar-refractivity contribution is 6.30. The monoisotopic (exact) mass is 523 g/mol. The highest BCUT2D eigenvalue weighted by Crippen LogP contribution is 2.21. The Labute approximate surface area is 217 Å².